The van der Waals surface area contributed by atoms with Crippen LogP contribution in [-0.4, -0.2) is 20.4 Å². The van der Waals surface area contributed by atoms with E-state index in [0.29, 0.717) is 12.5 Å². The van der Waals surface area contributed by atoms with E-state index in [1.54, 1.807) is 12.4 Å². The molecule has 0 aliphatic heterocycles. The zero-order valence-electron chi connectivity index (χ0n) is 15.6. The molecule has 132 valence electrons. The van der Waals surface area contributed by atoms with Crippen molar-refractivity contribution in [1.29, 1.82) is 0 Å². The molecule has 5 heteroatoms. The number of nitrogens with zero attached hydrogens (tertiary/aromatic N) is 3. The number of hydrogen-bond acceptors (Lipinski definition) is 3. The van der Waals surface area contributed by atoms with Gasteiger partial charge in [-0.3, -0.25) is 9.36 Å². The number of hydrogen-bond donors (Lipinski definition) is 1. The number of aryl methyl sites for hydroxylation is 1. The maximum Gasteiger partial charge on any atom is 0.224 e. The Kier molecular flexibility index (Phi) is 4.50. The quantitative estimate of drug-likeness (QED) is 0.850. The molecule has 0 bridgehead atoms. The molecule has 2 heterocycles. The first-order chi connectivity index (χ1) is 11.8. The molecule has 0 saturated heterocycles. The predicted octanol–water partition coefficient (Wildman–Crippen LogP) is 3.43. The summed E-state index contributed by atoms with van der Waals surface area (Å²) in [5.74, 6) is 2.22. The van der Waals surface area contributed by atoms with Crippen LogP contribution >= 0.6 is 0 Å². The minimum absolute atomic E-state index is 0.0404. The molecule has 5 nitrogen and oxygen atoms in total. The van der Waals surface area contributed by atoms with Crippen molar-refractivity contribution < 1.29 is 4.79 Å². The fourth-order valence-corrected chi connectivity index (χ4v) is 3.47. The van der Waals surface area contributed by atoms with Crippen molar-refractivity contribution in [3.05, 3.63) is 53.8 Å². The molecular weight excluding hydrogens is 312 g/mol. The average Bonchev–Trinajstić information content (AvgIpc) is 2.88. The zero-order valence-corrected chi connectivity index (χ0v) is 15.6. The second-order valence-electron chi connectivity index (χ2n) is 7.65. The van der Waals surface area contributed by atoms with Crippen molar-refractivity contribution in [2.45, 2.75) is 41.2 Å². The van der Waals surface area contributed by atoms with E-state index in [2.05, 4.69) is 49.1 Å². The molecule has 0 aromatic carbocycles. The van der Waals surface area contributed by atoms with Crippen LogP contribution in [0.2, 0.25) is 0 Å². The molecule has 3 rings (SSSR count). The highest BCUT2D eigenvalue weighted by molar-refractivity contribution is 5.83. The van der Waals surface area contributed by atoms with Gasteiger partial charge in [0, 0.05) is 25.1 Å². The highest BCUT2D eigenvalue weighted by atomic mass is 16.2. The zero-order chi connectivity index (χ0) is 18.2. The van der Waals surface area contributed by atoms with Crippen LogP contribution in [0.3, 0.4) is 0 Å². The maximum atomic E-state index is 12.6. The molecule has 25 heavy (non-hydrogen) atoms. The number of aromatic nitrogens is 3. The molecule has 1 amide bonds. The van der Waals surface area contributed by atoms with E-state index in [4.69, 9.17) is 0 Å². The third-order valence-electron chi connectivity index (χ3n) is 5.06. The fourth-order valence-electron chi connectivity index (χ4n) is 3.47. The van der Waals surface area contributed by atoms with E-state index < -0.39 is 0 Å². The van der Waals surface area contributed by atoms with Crippen LogP contribution in [0.25, 0.3) is 5.82 Å². The molecule has 1 N–H and O–H groups in total. The van der Waals surface area contributed by atoms with E-state index in [0.717, 1.165) is 17.2 Å². The lowest BCUT2D eigenvalue weighted by molar-refractivity contribution is -0.123. The van der Waals surface area contributed by atoms with Gasteiger partial charge in [0.05, 0.1) is 5.92 Å². The first-order valence-electron chi connectivity index (χ1n) is 8.68. The second-order valence-corrected chi connectivity index (χ2v) is 7.65. The van der Waals surface area contributed by atoms with Crippen molar-refractivity contribution in [2.24, 2.45) is 17.3 Å². The molecule has 1 fully saturated rings. The van der Waals surface area contributed by atoms with Gasteiger partial charge in [-0.25, -0.2) is 9.97 Å². The standard InChI is InChI=1S/C20H26N4O/c1-13(2)10-16-18(20(16,4)5)19(25)23-12-15-6-7-22-17(11-15)24-9-8-21-14(24)3/h6-11,16,18H,12H2,1-5H3,(H,23,25)/t16-,18+/m1/s1. The summed E-state index contributed by atoms with van der Waals surface area (Å²) in [5, 5.41) is 3.09. The molecule has 1 aliphatic rings. The number of nitrogens with one attached hydrogen (secondary N) is 1. The lowest BCUT2D eigenvalue weighted by Gasteiger charge is -2.09. The smallest absolute Gasteiger partial charge is 0.224 e. The second kappa shape index (κ2) is 6.47. The van der Waals surface area contributed by atoms with Gasteiger partial charge in [-0.2, -0.15) is 0 Å². The summed E-state index contributed by atoms with van der Waals surface area (Å²) >= 11 is 0. The van der Waals surface area contributed by atoms with Crippen LogP contribution in [0.1, 0.15) is 39.1 Å². The number of carbonyl (C=O) groups excluding carboxylic acids is 1. The highest BCUT2D eigenvalue weighted by Crippen LogP contribution is 2.59. The summed E-state index contributed by atoms with van der Waals surface area (Å²) in [7, 11) is 0. The summed E-state index contributed by atoms with van der Waals surface area (Å²) in [4.78, 5) is 21.2. The van der Waals surface area contributed by atoms with Gasteiger partial charge < -0.3 is 5.32 Å². The molecular formula is C20H26N4O. The van der Waals surface area contributed by atoms with Crippen LogP contribution < -0.4 is 5.32 Å². The van der Waals surface area contributed by atoms with Gasteiger partial charge in [0.25, 0.3) is 0 Å². The number of carbonyl (C=O) groups is 1. The highest BCUT2D eigenvalue weighted by Gasteiger charge is 2.60. The van der Waals surface area contributed by atoms with Gasteiger partial charge in [-0.1, -0.05) is 25.5 Å². The van der Waals surface area contributed by atoms with E-state index in [9.17, 15) is 4.79 Å². The maximum absolute atomic E-state index is 12.6. The van der Waals surface area contributed by atoms with Gasteiger partial charge in [0.2, 0.25) is 5.91 Å². The monoisotopic (exact) mass is 338 g/mol. The van der Waals surface area contributed by atoms with Crippen molar-refractivity contribution >= 4 is 5.91 Å². The minimum Gasteiger partial charge on any atom is -0.352 e. The topological polar surface area (TPSA) is 59.8 Å². The number of pyridine rings is 1. The summed E-state index contributed by atoms with van der Waals surface area (Å²) in [6.07, 6.45) is 7.63. The van der Waals surface area contributed by atoms with E-state index in [1.807, 2.05) is 29.8 Å². The summed E-state index contributed by atoms with van der Waals surface area (Å²) in [6.45, 7) is 10.9. The molecule has 0 radical (unpaired) electrons. The Balaban J connectivity index is 1.66. The van der Waals surface area contributed by atoms with Gasteiger partial charge >= 0.3 is 0 Å². The molecule has 1 aliphatic carbocycles. The summed E-state index contributed by atoms with van der Waals surface area (Å²) in [6, 6.07) is 3.92. The Morgan fingerprint density at radius 3 is 2.72 bits per heavy atom. The minimum atomic E-state index is 0.0404. The van der Waals surface area contributed by atoms with Crippen molar-refractivity contribution in [2.75, 3.05) is 0 Å². The van der Waals surface area contributed by atoms with E-state index in [1.165, 1.54) is 5.57 Å². The normalized spacial score (nSPS) is 20.8. The van der Waals surface area contributed by atoms with Crippen LogP contribution in [-0.2, 0) is 11.3 Å². The Morgan fingerprint density at radius 1 is 1.32 bits per heavy atom. The van der Waals surface area contributed by atoms with Crippen LogP contribution in [0.15, 0.2) is 42.4 Å². The molecule has 2 aromatic heterocycles. The molecule has 0 spiro atoms. The Morgan fingerprint density at radius 2 is 2.08 bits per heavy atom. The van der Waals surface area contributed by atoms with Gasteiger partial charge in [-0.15, -0.1) is 0 Å². The van der Waals surface area contributed by atoms with Crippen LogP contribution in [0.5, 0.6) is 0 Å². The van der Waals surface area contributed by atoms with Gasteiger partial charge in [0.1, 0.15) is 11.6 Å². The number of allylic oxidation sites excluding steroid dienone is 2. The van der Waals surface area contributed by atoms with Gasteiger partial charge in [0.15, 0.2) is 0 Å². The van der Waals surface area contributed by atoms with Crippen molar-refractivity contribution in [3.63, 3.8) is 0 Å². The SMILES string of the molecule is CC(C)=C[C@@H]1[C@@H](C(=O)NCc2ccnc(-n3ccnc3C)c2)C1(C)C. The first-order valence-corrected chi connectivity index (χ1v) is 8.68. The molecule has 0 unspecified atom stereocenters. The van der Waals surface area contributed by atoms with Crippen molar-refractivity contribution in [1.82, 2.24) is 19.9 Å². The lowest BCUT2D eigenvalue weighted by atomic mass is 10.1. The van der Waals surface area contributed by atoms with E-state index >= 15 is 0 Å². The third-order valence-corrected chi connectivity index (χ3v) is 5.06. The lowest BCUT2D eigenvalue weighted by Crippen LogP contribution is -2.26. The number of imidazole rings is 1. The predicted molar refractivity (Wildman–Crippen MR) is 98.1 cm³/mol. The van der Waals surface area contributed by atoms with E-state index in [-0.39, 0.29) is 17.2 Å². The van der Waals surface area contributed by atoms with Gasteiger partial charge in [-0.05, 0) is 49.8 Å². The summed E-state index contributed by atoms with van der Waals surface area (Å²) in [5.41, 5.74) is 2.34. The molecule has 2 aromatic rings. The Hall–Kier alpha value is -2.43. The van der Waals surface area contributed by atoms with Crippen LogP contribution in [0.4, 0.5) is 0 Å². The largest absolute Gasteiger partial charge is 0.352 e. The number of rotatable bonds is 5. The van der Waals surface area contributed by atoms with Crippen LogP contribution in [0, 0.1) is 24.2 Å². The third kappa shape index (κ3) is 3.50. The fraction of sp³-hybridized carbons (Fsp3) is 0.450. The first kappa shape index (κ1) is 17.4. The molecule has 1 saturated carbocycles. The van der Waals surface area contributed by atoms with Crippen molar-refractivity contribution in [3.8, 4) is 5.82 Å². The Bertz CT molecular complexity index is 815. The number of amides is 1. The Labute approximate surface area is 149 Å². The summed E-state index contributed by atoms with van der Waals surface area (Å²) < 4.78 is 1.93. The molecule has 2 atom stereocenters. The average molecular weight is 338 g/mol.